The van der Waals surface area contributed by atoms with Gasteiger partial charge >= 0.3 is 6.18 Å². The number of hydrogen-bond acceptors (Lipinski definition) is 2. The van der Waals surface area contributed by atoms with Gasteiger partial charge in [-0.2, -0.15) is 13.2 Å². The molecule has 0 atom stereocenters. The van der Waals surface area contributed by atoms with Crippen LogP contribution in [-0.2, 0) is 6.18 Å². The Morgan fingerprint density at radius 2 is 2.18 bits per heavy atom. The van der Waals surface area contributed by atoms with Gasteiger partial charge in [0.15, 0.2) is 0 Å². The zero-order valence-electron chi connectivity index (χ0n) is 8.99. The fourth-order valence-corrected chi connectivity index (χ4v) is 1.59. The standard InChI is InChI=1S/C10H13F3N4/c11-10(12,13)6-4-17-9(15)7(6)8(14)16-3-5-1-2-5/h4-5,17H,1-3,15H2,(H2,14,16). The van der Waals surface area contributed by atoms with E-state index < -0.39 is 11.7 Å². The highest BCUT2D eigenvalue weighted by Crippen LogP contribution is 2.34. The van der Waals surface area contributed by atoms with Gasteiger partial charge in [0.05, 0.1) is 11.1 Å². The molecule has 0 aliphatic heterocycles. The maximum Gasteiger partial charge on any atom is 0.418 e. The second kappa shape index (κ2) is 3.97. The Kier molecular flexibility index (Phi) is 2.76. The second-order valence-electron chi connectivity index (χ2n) is 4.19. The molecule has 0 saturated heterocycles. The molecule has 17 heavy (non-hydrogen) atoms. The number of anilines is 1. The Morgan fingerprint density at radius 1 is 1.53 bits per heavy atom. The van der Waals surface area contributed by atoms with E-state index in [0.717, 1.165) is 19.0 Å². The van der Waals surface area contributed by atoms with Crippen molar-refractivity contribution >= 4 is 11.7 Å². The summed E-state index contributed by atoms with van der Waals surface area (Å²) in [7, 11) is 0. The van der Waals surface area contributed by atoms with Crippen LogP contribution in [-0.4, -0.2) is 17.4 Å². The van der Waals surface area contributed by atoms with Crippen LogP contribution < -0.4 is 11.1 Å². The molecule has 1 heterocycles. The summed E-state index contributed by atoms with van der Waals surface area (Å²) in [4.78, 5) is 2.30. The summed E-state index contributed by atoms with van der Waals surface area (Å²) < 4.78 is 37.9. The summed E-state index contributed by atoms with van der Waals surface area (Å²) in [6.07, 6.45) is -1.58. The number of alkyl halides is 3. The predicted molar refractivity (Wildman–Crippen MR) is 57.8 cm³/mol. The van der Waals surface area contributed by atoms with Crippen LogP contribution in [0, 0.1) is 11.3 Å². The summed E-state index contributed by atoms with van der Waals surface area (Å²) in [6, 6.07) is 0. The number of rotatable bonds is 3. The molecule has 1 aromatic heterocycles. The van der Waals surface area contributed by atoms with Crippen molar-refractivity contribution in [1.29, 1.82) is 5.41 Å². The van der Waals surface area contributed by atoms with Gasteiger partial charge in [0.2, 0.25) is 0 Å². The van der Waals surface area contributed by atoms with Gasteiger partial charge in [-0.05, 0) is 18.8 Å². The van der Waals surface area contributed by atoms with Crippen LogP contribution in [0.3, 0.4) is 0 Å². The monoisotopic (exact) mass is 246 g/mol. The highest BCUT2D eigenvalue weighted by Gasteiger charge is 2.37. The quantitative estimate of drug-likeness (QED) is 0.486. The molecule has 0 amide bonds. The van der Waals surface area contributed by atoms with Gasteiger partial charge in [-0.3, -0.25) is 5.41 Å². The lowest BCUT2D eigenvalue weighted by molar-refractivity contribution is -0.137. The van der Waals surface area contributed by atoms with Crippen LogP contribution >= 0.6 is 0 Å². The van der Waals surface area contributed by atoms with Gasteiger partial charge in [-0.15, -0.1) is 0 Å². The molecule has 94 valence electrons. The van der Waals surface area contributed by atoms with E-state index in [4.69, 9.17) is 11.1 Å². The number of H-pyrrole nitrogens is 1. The topological polar surface area (TPSA) is 77.7 Å². The maximum atomic E-state index is 12.6. The molecule has 2 rings (SSSR count). The lowest BCUT2D eigenvalue weighted by Gasteiger charge is -2.11. The molecule has 1 saturated carbocycles. The van der Waals surface area contributed by atoms with Crippen LogP contribution in [0.2, 0.25) is 0 Å². The average molecular weight is 246 g/mol. The van der Waals surface area contributed by atoms with Crippen LogP contribution in [0.25, 0.3) is 0 Å². The van der Waals surface area contributed by atoms with E-state index in [2.05, 4.69) is 10.3 Å². The van der Waals surface area contributed by atoms with E-state index in [1.54, 1.807) is 0 Å². The van der Waals surface area contributed by atoms with Crippen molar-refractivity contribution in [3.63, 3.8) is 0 Å². The van der Waals surface area contributed by atoms with Crippen molar-refractivity contribution in [2.45, 2.75) is 19.0 Å². The molecule has 1 aliphatic carbocycles. The third-order valence-corrected chi connectivity index (χ3v) is 2.73. The molecule has 0 radical (unpaired) electrons. The number of amidine groups is 1. The van der Waals surface area contributed by atoms with Crippen molar-refractivity contribution in [1.82, 2.24) is 10.3 Å². The Morgan fingerprint density at radius 3 is 2.71 bits per heavy atom. The summed E-state index contributed by atoms with van der Waals surface area (Å²) in [6.45, 7) is 0.529. The molecule has 1 fully saturated rings. The van der Waals surface area contributed by atoms with Crippen molar-refractivity contribution in [3.05, 3.63) is 17.3 Å². The van der Waals surface area contributed by atoms with Crippen molar-refractivity contribution in [3.8, 4) is 0 Å². The zero-order chi connectivity index (χ0) is 12.6. The van der Waals surface area contributed by atoms with Gasteiger partial charge in [0, 0.05) is 12.7 Å². The highest BCUT2D eigenvalue weighted by atomic mass is 19.4. The van der Waals surface area contributed by atoms with Gasteiger partial charge in [0.25, 0.3) is 0 Å². The van der Waals surface area contributed by atoms with Crippen LogP contribution in [0.1, 0.15) is 24.0 Å². The van der Waals surface area contributed by atoms with Gasteiger partial charge in [0.1, 0.15) is 11.7 Å². The molecular formula is C10H13F3N4. The predicted octanol–water partition coefficient (Wildman–Crippen LogP) is 1.94. The van der Waals surface area contributed by atoms with Gasteiger partial charge < -0.3 is 16.0 Å². The molecule has 0 unspecified atom stereocenters. The average Bonchev–Trinajstić information content (AvgIpc) is 2.95. The van der Waals surface area contributed by atoms with Crippen molar-refractivity contribution < 1.29 is 13.2 Å². The lowest BCUT2D eigenvalue weighted by Crippen LogP contribution is -2.28. The summed E-state index contributed by atoms with van der Waals surface area (Å²) in [5, 5.41) is 10.3. The minimum Gasteiger partial charge on any atom is -0.385 e. The lowest BCUT2D eigenvalue weighted by atomic mass is 10.1. The second-order valence-corrected chi connectivity index (χ2v) is 4.19. The molecular weight excluding hydrogens is 233 g/mol. The van der Waals surface area contributed by atoms with E-state index in [1.807, 2.05) is 0 Å². The number of nitrogen functional groups attached to an aromatic ring is 1. The fourth-order valence-electron chi connectivity index (χ4n) is 1.59. The Labute approximate surface area is 95.9 Å². The van der Waals surface area contributed by atoms with Gasteiger partial charge in [-0.1, -0.05) is 0 Å². The van der Waals surface area contributed by atoms with Crippen LogP contribution in [0.15, 0.2) is 6.20 Å². The first-order valence-electron chi connectivity index (χ1n) is 5.26. The molecule has 1 aliphatic rings. The van der Waals surface area contributed by atoms with E-state index in [9.17, 15) is 13.2 Å². The maximum absolute atomic E-state index is 12.6. The Bertz CT molecular complexity index is 431. The van der Waals surface area contributed by atoms with E-state index in [0.29, 0.717) is 12.5 Å². The normalized spacial score (nSPS) is 15.9. The van der Waals surface area contributed by atoms with E-state index in [-0.39, 0.29) is 17.2 Å². The molecule has 4 nitrogen and oxygen atoms in total. The number of halogens is 3. The minimum atomic E-state index is -4.50. The summed E-state index contributed by atoms with van der Waals surface area (Å²) >= 11 is 0. The number of hydrogen-bond donors (Lipinski definition) is 4. The third kappa shape index (κ3) is 2.54. The van der Waals surface area contributed by atoms with E-state index in [1.165, 1.54) is 0 Å². The summed E-state index contributed by atoms with van der Waals surface area (Å²) in [5.74, 6) is 0.0680. The number of aromatic amines is 1. The molecule has 1 aromatic rings. The zero-order valence-corrected chi connectivity index (χ0v) is 8.99. The SMILES string of the molecule is N=C(NCC1CC1)c1c(C(F)(F)F)c[nH]c1N. The van der Waals surface area contributed by atoms with E-state index >= 15 is 0 Å². The first kappa shape index (κ1) is 11.8. The first-order valence-corrected chi connectivity index (χ1v) is 5.26. The Hall–Kier alpha value is -1.66. The number of nitrogens with two attached hydrogens (primary N) is 1. The molecule has 7 heteroatoms. The first-order chi connectivity index (χ1) is 7.89. The molecule has 0 aromatic carbocycles. The van der Waals surface area contributed by atoms with Crippen LogP contribution in [0.4, 0.5) is 19.0 Å². The largest absolute Gasteiger partial charge is 0.418 e. The number of aromatic nitrogens is 1. The fraction of sp³-hybridized carbons (Fsp3) is 0.500. The third-order valence-electron chi connectivity index (χ3n) is 2.73. The van der Waals surface area contributed by atoms with Crippen LogP contribution in [0.5, 0.6) is 0 Å². The minimum absolute atomic E-state index is 0.134. The van der Waals surface area contributed by atoms with Crippen molar-refractivity contribution in [2.75, 3.05) is 12.3 Å². The van der Waals surface area contributed by atoms with Crippen molar-refractivity contribution in [2.24, 2.45) is 5.92 Å². The molecule has 5 N–H and O–H groups in total. The Balaban J connectivity index is 2.17. The molecule has 0 spiro atoms. The highest BCUT2D eigenvalue weighted by molar-refractivity contribution is 6.02. The number of nitrogens with one attached hydrogen (secondary N) is 3. The van der Waals surface area contributed by atoms with Gasteiger partial charge in [-0.25, -0.2) is 0 Å². The summed E-state index contributed by atoms with van der Waals surface area (Å²) in [5.41, 5.74) is 4.23. The molecule has 0 bridgehead atoms. The smallest absolute Gasteiger partial charge is 0.385 e.